The van der Waals surface area contributed by atoms with Crippen molar-refractivity contribution >= 4 is 5.69 Å². The Morgan fingerprint density at radius 3 is 2.05 bits per heavy atom. The van der Waals surface area contributed by atoms with Crippen LogP contribution in [0.3, 0.4) is 0 Å². The SMILES string of the molecule is OCc1ccc(CNc2cc(F)c(F)cc2F)cc1. The maximum absolute atomic E-state index is 13.3. The van der Waals surface area contributed by atoms with Crippen molar-refractivity contribution < 1.29 is 18.3 Å². The zero-order valence-electron chi connectivity index (χ0n) is 9.96. The molecule has 0 aromatic heterocycles. The van der Waals surface area contributed by atoms with Gasteiger partial charge >= 0.3 is 0 Å². The Labute approximate surface area is 108 Å². The standard InChI is InChI=1S/C14H12F3NO/c15-11-5-13(17)14(6-12(11)16)18-7-9-1-3-10(8-19)4-2-9/h1-6,18-19H,7-8H2. The van der Waals surface area contributed by atoms with E-state index in [1.807, 2.05) is 0 Å². The molecule has 5 heteroatoms. The molecule has 0 aliphatic carbocycles. The van der Waals surface area contributed by atoms with Crippen molar-refractivity contribution in [1.82, 2.24) is 0 Å². The largest absolute Gasteiger partial charge is 0.392 e. The number of nitrogens with one attached hydrogen (secondary N) is 1. The minimum atomic E-state index is -1.21. The lowest BCUT2D eigenvalue weighted by Gasteiger charge is -2.08. The Balaban J connectivity index is 2.07. The first-order valence-electron chi connectivity index (χ1n) is 5.67. The van der Waals surface area contributed by atoms with Gasteiger partial charge in [-0.1, -0.05) is 24.3 Å². The summed E-state index contributed by atoms with van der Waals surface area (Å²) in [5, 5.41) is 11.6. The quantitative estimate of drug-likeness (QED) is 0.834. The van der Waals surface area contributed by atoms with E-state index in [4.69, 9.17) is 5.11 Å². The van der Waals surface area contributed by atoms with Gasteiger partial charge in [0.2, 0.25) is 0 Å². The molecule has 2 aromatic rings. The number of aliphatic hydroxyl groups is 1. The van der Waals surface area contributed by atoms with Crippen molar-refractivity contribution in [3.63, 3.8) is 0 Å². The minimum Gasteiger partial charge on any atom is -0.392 e. The number of hydrogen-bond acceptors (Lipinski definition) is 2. The molecule has 0 aliphatic rings. The predicted molar refractivity (Wildman–Crippen MR) is 66.0 cm³/mol. The minimum absolute atomic E-state index is 0.0501. The van der Waals surface area contributed by atoms with Crippen LogP contribution in [0.15, 0.2) is 36.4 Å². The fourth-order valence-electron chi connectivity index (χ4n) is 1.62. The second-order valence-electron chi connectivity index (χ2n) is 4.07. The molecule has 100 valence electrons. The summed E-state index contributed by atoms with van der Waals surface area (Å²) in [4.78, 5) is 0. The van der Waals surface area contributed by atoms with Crippen molar-refractivity contribution in [1.29, 1.82) is 0 Å². The summed E-state index contributed by atoms with van der Waals surface area (Å²) < 4.78 is 39.1. The number of halogens is 3. The van der Waals surface area contributed by atoms with Crippen molar-refractivity contribution in [2.24, 2.45) is 0 Å². The molecule has 0 spiro atoms. The summed E-state index contributed by atoms with van der Waals surface area (Å²) in [7, 11) is 0. The van der Waals surface area contributed by atoms with E-state index in [9.17, 15) is 13.2 Å². The highest BCUT2D eigenvalue weighted by atomic mass is 19.2. The van der Waals surface area contributed by atoms with Crippen LogP contribution in [0.25, 0.3) is 0 Å². The number of aliphatic hydroxyl groups excluding tert-OH is 1. The number of rotatable bonds is 4. The van der Waals surface area contributed by atoms with E-state index in [1.54, 1.807) is 24.3 Å². The third kappa shape index (κ3) is 3.26. The maximum Gasteiger partial charge on any atom is 0.161 e. The summed E-state index contributed by atoms with van der Waals surface area (Å²) in [5.41, 5.74) is 1.51. The van der Waals surface area contributed by atoms with Gasteiger partial charge in [0.1, 0.15) is 5.82 Å². The van der Waals surface area contributed by atoms with Crippen LogP contribution in [0, 0.1) is 17.5 Å². The average molecular weight is 267 g/mol. The first-order chi connectivity index (χ1) is 9.10. The molecule has 0 heterocycles. The van der Waals surface area contributed by atoms with Crippen molar-refractivity contribution in [2.75, 3.05) is 5.32 Å². The van der Waals surface area contributed by atoms with Crippen LogP contribution in [0.4, 0.5) is 18.9 Å². The van der Waals surface area contributed by atoms with Gasteiger partial charge in [0.05, 0.1) is 12.3 Å². The van der Waals surface area contributed by atoms with Gasteiger partial charge < -0.3 is 10.4 Å². The van der Waals surface area contributed by atoms with Gasteiger partial charge in [-0.25, -0.2) is 13.2 Å². The van der Waals surface area contributed by atoms with Crippen molar-refractivity contribution in [3.05, 3.63) is 65.0 Å². The maximum atomic E-state index is 13.3. The molecule has 0 amide bonds. The van der Waals surface area contributed by atoms with Gasteiger partial charge in [0.15, 0.2) is 11.6 Å². The Bertz CT molecular complexity index is 570. The summed E-state index contributed by atoms with van der Waals surface area (Å²) in [6.07, 6.45) is 0. The molecule has 0 aliphatic heterocycles. The molecule has 0 saturated carbocycles. The van der Waals surface area contributed by atoms with Gasteiger partial charge in [0.25, 0.3) is 0 Å². The molecule has 2 aromatic carbocycles. The second-order valence-corrected chi connectivity index (χ2v) is 4.07. The van der Waals surface area contributed by atoms with Crippen LogP contribution < -0.4 is 5.32 Å². The lowest BCUT2D eigenvalue weighted by atomic mass is 10.1. The molecule has 2 nitrogen and oxygen atoms in total. The molecule has 19 heavy (non-hydrogen) atoms. The van der Waals surface area contributed by atoms with E-state index < -0.39 is 17.5 Å². The van der Waals surface area contributed by atoms with Crippen LogP contribution in [0.2, 0.25) is 0 Å². The second kappa shape index (κ2) is 5.75. The Kier molecular flexibility index (Phi) is 4.06. The molecule has 0 unspecified atom stereocenters. The van der Waals surface area contributed by atoms with Crippen molar-refractivity contribution in [2.45, 2.75) is 13.2 Å². The zero-order chi connectivity index (χ0) is 13.8. The summed E-state index contributed by atoms with van der Waals surface area (Å²) in [5.74, 6) is -3.15. The Morgan fingerprint density at radius 1 is 0.842 bits per heavy atom. The third-order valence-corrected chi connectivity index (χ3v) is 2.70. The molecule has 0 atom stereocenters. The highest BCUT2D eigenvalue weighted by Crippen LogP contribution is 2.19. The first-order valence-corrected chi connectivity index (χ1v) is 5.67. The summed E-state index contributed by atoms with van der Waals surface area (Å²) in [6.45, 7) is 0.221. The number of benzene rings is 2. The van der Waals surface area contributed by atoms with E-state index in [-0.39, 0.29) is 18.8 Å². The molecular weight excluding hydrogens is 255 g/mol. The number of anilines is 1. The highest BCUT2D eigenvalue weighted by molar-refractivity contribution is 5.45. The van der Waals surface area contributed by atoms with Crippen LogP contribution in [0.5, 0.6) is 0 Å². The van der Waals surface area contributed by atoms with E-state index in [1.165, 1.54) is 0 Å². The van der Waals surface area contributed by atoms with Gasteiger partial charge in [-0.05, 0) is 11.1 Å². The third-order valence-electron chi connectivity index (χ3n) is 2.70. The van der Waals surface area contributed by atoms with E-state index in [0.717, 1.165) is 17.2 Å². The van der Waals surface area contributed by atoms with E-state index in [2.05, 4.69) is 5.32 Å². The highest BCUT2D eigenvalue weighted by Gasteiger charge is 2.09. The van der Waals surface area contributed by atoms with E-state index >= 15 is 0 Å². The molecule has 0 radical (unpaired) electrons. The first kappa shape index (κ1) is 13.4. The van der Waals surface area contributed by atoms with E-state index in [0.29, 0.717) is 6.07 Å². The van der Waals surface area contributed by atoms with Crippen molar-refractivity contribution in [3.8, 4) is 0 Å². The monoisotopic (exact) mass is 267 g/mol. The Hall–Kier alpha value is -2.01. The topological polar surface area (TPSA) is 32.3 Å². The van der Waals surface area contributed by atoms with Gasteiger partial charge in [-0.15, -0.1) is 0 Å². The summed E-state index contributed by atoms with van der Waals surface area (Å²) in [6, 6.07) is 8.28. The lowest BCUT2D eigenvalue weighted by Crippen LogP contribution is -2.03. The molecule has 2 rings (SSSR count). The number of hydrogen-bond donors (Lipinski definition) is 2. The van der Waals surface area contributed by atoms with Crippen LogP contribution in [-0.4, -0.2) is 5.11 Å². The Morgan fingerprint density at radius 2 is 1.42 bits per heavy atom. The van der Waals surface area contributed by atoms with Crippen LogP contribution in [0.1, 0.15) is 11.1 Å². The van der Waals surface area contributed by atoms with Crippen LogP contribution in [-0.2, 0) is 13.2 Å². The van der Waals surface area contributed by atoms with Crippen LogP contribution >= 0.6 is 0 Å². The fraction of sp³-hybridized carbons (Fsp3) is 0.143. The average Bonchev–Trinajstić information content (AvgIpc) is 2.42. The molecular formula is C14H12F3NO. The van der Waals surface area contributed by atoms with Gasteiger partial charge in [-0.3, -0.25) is 0 Å². The molecule has 2 N–H and O–H groups in total. The predicted octanol–water partition coefficient (Wildman–Crippen LogP) is 3.21. The summed E-state index contributed by atoms with van der Waals surface area (Å²) >= 11 is 0. The van der Waals surface area contributed by atoms with Gasteiger partial charge in [0, 0.05) is 18.7 Å². The fourth-order valence-corrected chi connectivity index (χ4v) is 1.62. The smallest absolute Gasteiger partial charge is 0.161 e. The molecule has 0 bridgehead atoms. The molecule has 0 saturated heterocycles. The molecule has 0 fully saturated rings. The zero-order valence-corrected chi connectivity index (χ0v) is 9.96. The normalized spacial score (nSPS) is 10.5. The van der Waals surface area contributed by atoms with Gasteiger partial charge in [-0.2, -0.15) is 0 Å². The lowest BCUT2D eigenvalue weighted by molar-refractivity contribution is 0.282.